The molecule has 0 atom stereocenters. The number of aryl methyl sites for hydroxylation is 1. The molecule has 2 aromatic carbocycles. The van der Waals surface area contributed by atoms with Crippen molar-refractivity contribution in [3.05, 3.63) is 53.6 Å². The molecule has 0 heterocycles. The largest absolute Gasteiger partial charge is 0.465 e. The van der Waals surface area contributed by atoms with Crippen molar-refractivity contribution in [1.82, 2.24) is 0 Å². The summed E-state index contributed by atoms with van der Waals surface area (Å²) in [6.07, 6.45) is 2.16. The maximum absolute atomic E-state index is 11.6. The summed E-state index contributed by atoms with van der Waals surface area (Å²) in [7, 11) is 1.32. The van der Waals surface area contributed by atoms with E-state index < -0.39 is 5.97 Å². The molecule has 0 aliphatic carbocycles. The molecule has 0 bridgehead atoms. The van der Waals surface area contributed by atoms with Crippen molar-refractivity contribution < 1.29 is 14.3 Å². The van der Waals surface area contributed by atoms with Gasteiger partial charge in [-0.1, -0.05) is 25.5 Å². The molecule has 0 aliphatic rings. The molecule has 0 radical (unpaired) electrons. The Bertz CT molecular complexity index is 620. The number of carbonyl (C=O) groups excluding carboxylic acids is 1. The van der Waals surface area contributed by atoms with E-state index in [0.29, 0.717) is 17.0 Å². The second-order valence-electron chi connectivity index (χ2n) is 4.74. The Balaban J connectivity index is 2.17. The van der Waals surface area contributed by atoms with Crippen LogP contribution >= 0.6 is 0 Å². The molecular formula is C17H19NO3. The van der Waals surface area contributed by atoms with Gasteiger partial charge in [0, 0.05) is 5.69 Å². The maximum Gasteiger partial charge on any atom is 0.340 e. The minimum absolute atomic E-state index is 0.303. The van der Waals surface area contributed by atoms with Crippen molar-refractivity contribution in [2.45, 2.75) is 19.8 Å². The molecule has 0 amide bonds. The van der Waals surface area contributed by atoms with Crippen LogP contribution in [-0.2, 0) is 11.2 Å². The monoisotopic (exact) mass is 285 g/mol. The molecule has 0 saturated carbocycles. The number of nitrogen functional groups attached to an aromatic ring is 1. The zero-order chi connectivity index (χ0) is 15.2. The number of hydrogen-bond acceptors (Lipinski definition) is 4. The van der Waals surface area contributed by atoms with Crippen molar-refractivity contribution in [3.8, 4) is 11.5 Å². The number of anilines is 1. The first-order valence-corrected chi connectivity index (χ1v) is 6.88. The lowest BCUT2D eigenvalue weighted by atomic mass is 10.1. The van der Waals surface area contributed by atoms with Crippen molar-refractivity contribution in [3.63, 3.8) is 0 Å². The van der Waals surface area contributed by atoms with Crippen molar-refractivity contribution in [2.75, 3.05) is 12.8 Å². The minimum atomic E-state index is -0.476. The summed E-state index contributed by atoms with van der Waals surface area (Å²) in [6, 6.07) is 12.9. The number of carbonyl (C=O) groups is 1. The number of ether oxygens (including phenoxy) is 2. The third-order valence-corrected chi connectivity index (χ3v) is 3.13. The number of hydrogen-bond donors (Lipinski definition) is 1. The second kappa shape index (κ2) is 6.79. The standard InChI is InChI=1S/C17H19NO3/c1-3-4-12-5-7-13(8-6-12)21-14-9-10-16(18)15(11-14)17(19)20-2/h5-11H,3-4,18H2,1-2H3. The topological polar surface area (TPSA) is 61.5 Å². The summed E-state index contributed by atoms with van der Waals surface area (Å²) in [5.41, 5.74) is 7.70. The van der Waals surface area contributed by atoms with Crippen LogP contribution in [0.4, 0.5) is 5.69 Å². The minimum Gasteiger partial charge on any atom is -0.465 e. The Kier molecular flexibility index (Phi) is 4.82. The van der Waals surface area contributed by atoms with Gasteiger partial charge in [-0.05, 0) is 42.3 Å². The van der Waals surface area contributed by atoms with Gasteiger partial charge in [0.1, 0.15) is 11.5 Å². The highest BCUT2D eigenvalue weighted by Crippen LogP contribution is 2.26. The molecule has 0 spiro atoms. The van der Waals surface area contributed by atoms with Gasteiger partial charge in [-0.2, -0.15) is 0 Å². The van der Waals surface area contributed by atoms with E-state index in [1.807, 2.05) is 24.3 Å². The summed E-state index contributed by atoms with van der Waals surface area (Å²) in [4.78, 5) is 11.6. The van der Waals surface area contributed by atoms with E-state index in [0.717, 1.165) is 18.6 Å². The van der Waals surface area contributed by atoms with E-state index in [-0.39, 0.29) is 0 Å². The first kappa shape index (κ1) is 14.9. The zero-order valence-electron chi connectivity index (χ0n) is 12.3. The quantitative estimate of drug-likeness (QED) is 0.670. The fraction of sp³-hybridized carbons (Fsp3) is 0.235. The molecule has 0 fully saturated rings. The summed E-state index contributed by atoms with van der Waals surface area (Å²) >= 11 is 0. The van der Waals surface area contributed by atoms with Gasteiger partial charge in [-0.3, -0.25) is 0 Å². The molecule has 2 N–H and O–H groups in total. The van der Waals surface area contributed by atoms with E-state index in [9.17, 15) is 4.79 Å². The van der Waals surface area contributed by atoms with E-state index in [1.165, 1.54) is 12.7 Å². The molecule has 0 saturated heterocycles. The van der Waals surface area contributed by atoms with Gasteiger partial charge in [0.2, 0.25) is 0 Å². The van der Waals surface area contributed by atoms with Gasteiger partial charge >= 0.3 is 5.97 Å². The Morgan fingerprint density at radius 1 is 1.10 bits per heavy atom. The van der Waals surface area contributed by atoms with Crippen LogP contribution in [0, 0.1) is 0 Å². The number of methoxy groups -OCH3 is 1. The third kappa shape index (κ3) is 3.75. The van der Waals surface area contributed by atoms with Gasteiger partial charge in [-0.25, -0.2) is 4.79 Å². The summed E-state index contributed by atoms with van der Waals surface area (Å²) in [5, 5.41) is 0. The number of rotatable bonds is 5. The summed E-state index contributed by atoms with van der Waals surface area (Å²) in [6.45, 7) is 2.15. The van der Waals surface area contributed by atoms with Crippen LogP contribution in [0.2, 0.25) is 0 Å². The van der Waals surface area contributed by atoms with Gasteiger partial charge in [0.15, 0.2) is 0 Å². The third-order valence-electron chi connectivity index (χ3n) is 3.13. The number of esters is 1. The molecule has 2 rings (SSSR count). The highest BCUT2D eigenvalue weighted by Gasteiger charge is 2.11. The summed E-state index contributed by atoms with van der Waals surface area (Å²) < 4.78 is 10.4. The van der Waals surface area contributed by atoms with E-state index >= 15 is 0 Å². The highest BCUT2D eigenvalue weighted by atomic mass is 16.5. The van der Waals surface area contributed by atoms with Crippen LogP contribution in [0.15, 0.2) is 42.5 Å². The first-order chi connectivity index (χ1) is 10.1. The fourth-order valence-electron chi connectivity index (χ4n) is 2.03. The van der Waals surface area contributed by atoms with Crippen molar-refractivity contribution >= 4 is 11.7 Å². The predicted molar refractivity (Wildman–Crippen MR) is 82.7 cm³/mol. The van der Waals surface area contributed by atoms with Gasteiger partial charge in [0.25, 0.3) is 0 Å². The van der Waals surface area contributed by atoms with Crippen LogP contribution in [0.25, 0.3) is 0 Å². The van der Waals surface area contributed by atoms with Crippen LogP contribution in [0.1, 0.15) is 29.3 Å². The normalized spacial score (nSPS) is 10.2. The molecule has 4 nitrogen and oxygen atoms in total. The van der Waals surface area contributed by atoms with Crippen molar-refractivity contribution in [1.29, 1.82) is 0 Å². The molecule has 2 aromatic rings. The van der Waals surface area contributed by atoms with E-state index in [4.69, 9.17) is 15.2 Å². The smallest absolute Gasteiger partial charge is 0.340 e. The van der Waals surface area contributed by atoms with Crippen LogP contribution in [0.5, 0.6) is 11.5 Å². The van der Waals surface area contributed by atoms with E-state index in [1.54, 1.807) is 18.2 Å². The molecule has 0 aliphatic heterocycles. The molecular weight excluding hydrogens is 266 g/mol. The average molecular weight is 285 g/mol. The maximum atomic E-state index is 11.6. The Morgan fingerprint density at radius 3 is 2.38 bits per heavy atom. The molecule has 21 heavy (non-hydrogen) atoms. The molecule has 110 valence electrons. The molecule has 0 unspecified atom stereocenters. The van der Waals surface area contributed by atoms with Crippen LogP contribution < -0.4 is 10.5 Å². The SMILES string of the molecule is CCCc1ccc(Oc2ccc(N)c(C(=O)OC)c2)cc1. The average Bonchev–Trinajstić information content (AvgIpc) is 2.50. The van der Waals surface area contributed by atoms with Gasteiger partial charge in [0.05, 0.1) is 12.7 Å². The number of nitrogens with two attached hydrogens (primary N) is 1. The lowest BCUT2D eigenvalue weighted by Crippen LogP contribution is -2.05. The van der Waals surface area contributed by atoms with Gasteiger partial charge in [-0.15, -0.1) is 0 Å². The second-order valence-corrected chi connectivity index (χ2v) is 4.74. The van der Waals surface area contributed by atoms with Crippen LogP contribution in [0.3, 0.4) is 0 Å². The molecule has 4 heteroatoms. The fourth-order valence-corrected chi connectivity index (χ4v) is 2.03. The molecule has 0 aromatic heterocycles. The Hall–Kier alpha value is -2.49. The summed E-state index contributed by atoms with van der Waals surface area (Å²) in [5.74, 6) is 0.791. The Labute approximate surface area is 124 Å². The van der Waals surface area contributed by atoms with Gasteiger partial charge < -0.3 is 15.2 Å². The predicted octanol–water partition coefficient (Wildman–Crippen LogP) is 3.80. The van der Waals surface area contributed by atoms with E-state index in [2.05, 4.69) is 6.92 Å². The van der Waals surface area contributed by atoms with Crippen LogP contribution in [-0.4, -0.2) is 13.1 Å². The van der Waals surface area contributed by atoms with Crippen molar-refractivity contribution in [2.24, 2.45) is 0 Å². The first-order valence-electron chi connectivity index (χ1n) is 6.88. The lowest BCUT2D eigenvalue weighted by Gasteiger charge is -2.09. The lowest BCUT2D eigenvalue weighted by molar-refractivity contribution is 0.0601. The highest BCUT2D eigenvalue weighted by molar-refractivity contribution is 5.95. The zero-order valence-corrected chi connectivity index (χ0v) is 12.3. The number of benzene rings is 2. The Morgan fingerprint density at radius 2 is 1.76 bits per heavy atom.